The molecule has 0 bridgehead atoms. The normalized spacial score (nSPS) is 11.5. The van der Waals surface area contributed by atoms with Crippen molar-refractivity contribution in [1.82, 2.24) is 10.2 Å². The number of nitrogens with zero attached hydrogens (tertiary/aromatic N) is 1. The Morgan fingerprint density at radius 1 is 1.06 bits per heavy atom. The van der Waals surface area contributed by atoms with Gasteiger partial charge in [-0.1, -0.05) is 51.1 Å². The van der Waals surface area contributed by atoms with Crippen LogP contribution in [0.1, 0.15) is 41.6 Å². The number of thiophene rings is 1. The lowest BCUT2D eigenvalue weighted by Crippen LogP contribution is -2.15. The summed E-state index contributed by atoms with van der Waals surface area (Å²) in [6.45, 7) is 6.43. The number of carbonyl (C=O) groups excluding carboxylic acids is 2. The summed E-state index contributed by atoms with van der Waals surface area (Å²) in [4.78, 5) is 26.2. The molecule has 0 aliphatic heterocycles. The zero-order valence-electron chi connectivity index (χ0n) is 18.0. The quantitative estimate of drug-likeness (QED) is 0.375. The van der Waals surface area contributed by atoms with Crippen molar-refractivity contribution in [2.75, 3.05) is 10.6 Å². The van der Waals surface area contributed by atoms with Gasteiger partial charge < -0.3 is 10.6 Å². The molecule has 8 heteroatoms. The molecule has 4 aromatic rings. The molecule has 0 atom stereocenters. The molecule has 2 aromatic carbocycles. The zero-order valence-corrected chi connectivity index (χ0v) is 18.8. The summed E-state index contributed by atoms with van der Waals surface area (Å²) in [5, 5.41) is 13.1. The van der Waals surface area contributed by atoms with Gasteiger partial charge in [0.1, 0.15) is 10.6 Å². The summed E-state index contributed by atoms with van der Waals surface area (Å²) in [6.07, 6.45) is 0.218. The highest BCUT2D eigenvalue weighted by Gasteiger charge is 2.18. The van der Waals surface area contributed by atoms with Gasteiger partial charge in [-0.25, -0.2) is 4.39 Å². The molecule has 0 radical (unpaired) electrons. The molecule has 2 aromatic heterocycles. The van der Waals surface area contributed by atoms with Crippen molar-refractivity contribution in [2.24, 2.45) is 0 Å². The van der Waals surface area contributed by atoms with Gasteiger partial charge in [0.05, 0.1) is 16.7 Å². The molecule has 0 fully saturated rings. The lowest BCUT2D eigenvalue weighted by molar-refractivity contribution is -0.115. The fourth-order valence-corrected chi connectivity index (χ4v) is 4.16. The number of amides is 2. The molecule has 32 heavy (non-hydrogen) atoms. The zero-order chi connectivity index (χ0) is 22.9. The molecular weight excluding hydrogens is 427 g/mol. The Morgan fingerprint density at radius 2 is 1.81 bits per heavy atom. The minimum Gasteiger partial charge on any atom is -0.321 e. The van der Waals surface area contributed by atoms with E-state index < -0.39 is 5.82 Å². The number of rotatable bonds is 5. The molecule has 2 heterocycles. The number of aromatic amines is 1. The van der Waals surface area contributed by atoms with Gasteiger partial charge >= 0.3 is 0 Å². The first-order valence-corrected chi connectivity index (χ1v) is 10.9. The highest BCUT2D eigenvalue weighted by Crippen LogP contribution is 2.30. The van der Waals surface area contributed by atoms with Crippen LogP contribution in [0.25, 0.3) is 10.2 Å². The third-order valence-corrected chi connectivity index (χ3v) is 6.04. The van der Waals surface area contributed by atoms with Gasteiger partial charge in [0.25, 0.3) is 5.91 Å². The minimum atomic E-state index is -0.427. The predicted octanol–water partition coefficient (Wildman–Crippen LogP) is 5.49. The summed E-state index contributed by atoms with van der Waals surface area (Å²) in [6, 6.07) is 15.3. The third-order valence-electron chi connectivity index (χ3n) is 5.01. The van der Waals surface area contributed by atoms with Gasteiger partial charge in [0.2, 0.25) is 5.91 Å². The number of benzene rings is 2. The maximum atomic E-state index is 13.3. The van der Waals surface area contributed by atoms with Crippen molar-refractivity contribution in [1.29, 1.82) is 0 Å². The van der Waals surface area contributed by atoms with Crippen molar-refractivity contribution >= 4 is 44.9 Å². The van der Waals surface area contributed by atoms with E-state index in [4.69, 9.17) is 0 Å². The van der Waals surface area contributed by atoms with Crippen LogP contribution < -0.4 is 10.6 Å². The Hall–Kier alpha value is -3.52. The fraction of sp³-hybridized carbons (Fsp3) is 0.208. The number of hydrogen-bond donors (Lipinski definition) is 3. The third kappa shape index (κ3) is 4.86. The number of H-pyrrole nitrogens is 1. The standard InChI is InChI=1S/C24H23FN4O2S/c1-24(2,3)15-9-7-14(8-10-15)11-20(30)27-21-18-13-19(32-23(18)29-28-21)22(31)26-17-6-4-5-16(25)12-17/h4-10,12-13H,11H2,1-3H3,(H,26,31)(H2,27,28,29,30). The van der Waals surface area contributed by atoms with Crippen LogP contribution in [0.2, 0.25) is 0 Å². The molecule has 2 amide bonds. The van der Waals surface area contributed by atoms with E-state index in [0.717, 1.165) is 5.56 Å². The SMILES string of the molecule is CC(C)(C)c1ccc(CC(=O)Nc2n[nH]c3sc(C(=O)Nc4cccc(F)c4)cc23)cc1. The molecule has 4 rings (SSSR count). The van der Waals surface area contributed by atoms with Crippen LogP contribution in [0, 0.1) is 5.82 Å². The number of aromatic nitrogens is 2. The Morgan fingerprint density at radius 3 is 2.50 bits per heavy atom. The van der Waals surface area contributed by atoms with Crippen molar-refractivity contribution in [3.05, 3.63) is 76.4 Å². The Labute approximate surface area is 188 Å². The van der Waals surface area contributed by atoms with Crippen LogP contribution >= 0.6 is 11.3 Å². The minimum absolute atomic E-state index is 0.0546. The number of carbonyl (C=O) groups is 2. The fourth-order valence-electron chi connectivity index (χ4n) is 3.27. The lowest BCUT2D eigenvalue weighted by atomic mass is 9.86. The molecule has 0 aliphatic carbocycles. The largest absolute Gasteiger partial charge is 0.321 e. The topological polar surface area (TPSA) is 86.9 Å². The summed E-state index contributed by atoms with van der Waals surface area (Å²) >= 11 is 1.21. The van der Waals surface area contributed by atoms with Crippen LogP contribution in [0.15, 0.2) is 54.6 Å². The molecule has 0 saturated heterocycles. The van der Waals surface area contributed by atoms with Crippen molar-refractivity contribution in [3.63, 3.8) is 0 Å². The first-order chi connectivity index (χ1) is 15.2. The van der Waals surface area contributed by atoms with E-state index in [0.29, 0.717) is 26.6 Å². The Kier molecular flexibility index (Phi) is 5.80. The molecule has 3 N–H and O–H groups in total. The summed E-state index contributed by atoms with van der Waals surface area (Å²) in [5.74, 6) is -0.610. The molecular formula is C24H23FN4O2S. The second kappa shape index (κ2) is 8.55. The molecule has 0 saturated carbocycles. The van der Waals surface area contributed by atoms with Gasteiger partial charge in [-0.2, -0.15) is 5.10 Å². The van der Waals surface area contributed by atoms with Crippen LogP contribution in [-0.4, -0.2) is 22.0 Å². The van der Waals surface area contributed by atoms with Gasteiger partial charge in [-0.05, 0) is 40.8 Å². The van der Waals surface area contributed by atoms with Gasteiger partial charge in [-0.15, -0.1) is 11.3 Å². The molecule has 6 nitrogen and oxygen atoms in total. The lowest BCUT2D eigenvalue weighted by Gasteiger charge is -2.19. The monoisotopic (exact) mass is 450 g/mol. The van der Waals surface area contributed by atoms with E-state index in [9.17, 15) is 14.0 Å². The number of nitrogens with one attached hydrogen (secondary N) is 3. The number of fused-ring (bicyclic) bond motifs is 1. The van der Waals surface area contributed by atoms with E-state index in [1.54, 1.807) is 12.1 Å². The molecule has 0 unspecified atom stereocenters. The van der Waals surface area contributed by atoms with Gasteiger partial charge in [0, 0.05) is 5.69 Å². The average Bonchev–Trinajstić information content (AvgIpc) is 3.30. The van der Waals surface area contributed by atoms with Gasteiger partial charge in [0.15, 0.2) is 5.82 Å². The maximum Gasteiger partial charge on any atom is 0.265 e. The number of hydrogen-bond acceptors (Lipinski definition) is 4. The van der Waals surface area contributed by atoms with E-state index in [1.165, 1.54) is 35.1 Å². The summed E-state index contributed by atoms with van der Waals surface area (Å²) in [5.41, 5.74) is 2.54. The maximum absolute atomic E-state index is 13.3. The first-order valence-electron chi connectivity index (χ1n) is 10.1. The highest BCUT2D eigenvalue weighted by atomic mass is 32.1. The highest BCUT2D eigenvalue weighted by molar-refractivity contribution is 7.20. The van der Waals surface area contributed by atoms with Crippen LogP contribution in [0.3, 0.4) is 0 Å². The first kappa shape index (κ1) is 21.7. The van der Waals surface area contributed by atoms with Crippen molar-refractivity contribution < 1.29 is 14.0 Å². The number of halogens is 1. The molecule has 164 valence electrons. The summed E-state index contributed by atoms with van der Waals surface area (Å²) < 4.78 is 13.3. The second-order valence-corrected chi connectivity index (χ2v) is 9.61. The Balaban J connectivity index is 1.44. The van der Waals surface area contributed by atoms with Crippen LogP contribution in [-0.2, 0) is 16.6 Å². The average molecular weight is 451 g/mol. The summed E-state index contributed by atoms with van der Waals surface area (Å²) in [7, 11) is 0. The second-order valence-electron chi connectivity index (χ2n) is 8.56. The molecule has 0 spiro atoms. The number of anilines is 2. The van der Waals surface area contributed by atoms with E-state index >= 15 is 0 Å². The van der Waals surface area contributed by atoms with Crippen molar-refractivity contribution in [2.45, 2.75) is 32.6 Å². The van der Waals surface area contributed by atoms with E-state index in [2.05, 4.69) is 41.6 Å². The Bertz CT molecular complexity index is 1290. The van der Waals surface area contributed by atoms with Crippen molar-refractivity contribution in [3.8, 4) is 0 Å². The molecule has 0 aliphatic rings. The van der Waals surface area contributed by atoms with Crippen LogP contribution in [0.4, 0.5) is 15.9 Å². The van der Waals surface area contributed by atoms with Gasteiger partial charge in [-0.3, -0.25) is 14.7 Å². The van der Waals surface area contributed by atoms with Crippen LogP contribution in [0.5, 0.6) is 0 Å². The van der Waals surface area contributed by atoms with E-state index in [1.807, 2.05) is 24.3 Å². The predicted molar refractivity (Wildman–Crippen MR) is 126 cm³/mol. The van der Waals surface area contributed by atoms with E-state index in [-0.39, 0.29) is 23.7 Å². The smallest absolute Gasteiger partial charge is 0.265 e.